The maximum absolute atomic E-state index is 4.41. The minimum atomic E-state index is 0.239. The largest absolute Gasteiger partial charge is 0.346 e. The lowest BCUT2D eigenvalue weighted by Gasteiger charge is -2.14. The van der Waals surface area contributed by atoms with E-state index in [1.54, 1.807) is 0 Å². The Morgan fingerprint density at radius 2 is 1.90 bits per heavy atom. The Hall–Kier alpha value is -2.13. The van der Waals surface area contributed by atoms with Crippen molar-refractivity contribution in [1.29, 1.82) is 0 Å². The summed E-state index contributed by atoms with van der Waals surface area (Å²) in [4.78, 5) is 4.41. The van der Waals surface area contributed by atoms with E-state index in [4.69, 9.17) is 0 Å². The minimum Gasteiger partial charge on any atom is -0.346 e. The highest BCUT2D eigenvalue weighted by Crippen LogP contribution is 2.24. The van der Waals surface area contributed by atoms with Gasteiger partial charge >= 0.3 is 0 Å². The van der Waals surface area contributed by atoms with Crippen molar-refractivity contribution in [2.24, 2.45) is 7.05 Å². The van der Waals surface area contributed by atoms with Gasteiger partial charge < -0.3 is 9.88 Å². The summed E-state index contributed by atoms with van der Waals surface area (Å²) in [5.41, 5.74) is 5.05. The summed E-state index contributed by atoms with van der Waals surface area (Å²) in [5, 5.41) is 4.91. The summed E-state index contributed by atoms with van der Waals surface area (Å²) in [6.07, 6.45) is 1.84. The molecule has 3 rings (SSSR count). The molecule has 3 aromatic rings. The molecule has 3 nitrogen and oxygen atoms in total. The molecule has 0 spiro atoms. The Labute approximate surface area is 125 Å². The third-order valence-corrected chi connectivity index (χ3v) is 4.21. The third-order valence-electron chi connectivity index (χ3n) is 4.21. The SMILES string of the molecule is Cc1c(CN[C@@H](C)c2ccccn2)n(C)c2ccccc12. The van der Waals surface area contributed by atoms with Crippen molar-refractivity contribution in [2.75, 3.05) is 0 Å². The van der Waals surface area contributed by atoms with Crippen LogP contribution in [0.5, 0.6) is 0 Å². The predicted molar refractivity (Wildman–Crippen MR) is 87.1 cm³/mol. The Morgan fingerprint density at radius 3 is 2.62 bits per heavy atom. The highest BCUT2D eigenvalue weighted by molar-refractivity contribution is 5.85. The van der Waals surface area contributed by atoms with E-state index in [1.807, 2.05) is 18.3 Å². The molecule has 0 bridgehead atoms. The van der Waals surface area contributed by atoms with E-state index in [9.17, 15) is 0 Å². The van der Waals surface area contributed by atoms with E-state index in [-0.39, 0.29) is 6.04 Å². The molecule has 0 saturated carbocycles. The van der Waals surface area contributed by atoms with E-state index in [0.717, 1.165) is 12.2 Å². The molecule has 0 aliphatic rings. The lowest BCUT2D eigenvalue weighted by atomic mass is 10.1. The summed E-state index contributed by atoms with van der Waals surface area (Å²) in [7, 11) is 2.14. The first-order chi connectivity index (χ1) is 10.2. The van der Waals surface area contributed by atoms with Crippen molar-refractivity contribution in [2.45, 2.75) is 26.4 Å². The molecule has 0 unspecified atom stereocenters. The van der Waals surface area contributed by atoms with E-state index in [1.165, 1.54) is 22.2 Å². The molecule has 21 heavy (non-hydrogen) atoms. The second kappa shape index (κ2) is 5.70. The Kier molecular flexibility index (Phi) is 3.76. The van der Waals surface area contributed by atoms with Crippen molar-refractivity contribution in [1.82, 2.24) is 14.9 Å². The Balaban J connectivity index is 1.83. The number of aromatic nitrogens is 2. The minimum absolute atomic E-state index is 0.239. The lowest BCUT2D eigenvalue weighted by Crippen LogP contribution is -2.20. The van der Waals surface area contributed by atoms with Crippen molar-refractivity contribution >= 4 is 10.9 Å². The van der Waals surface area contributed by atoms with Gasteiger partial charge in [0.25, 0.3) is 0 Å². The molecule has 0 saturated heterocycles. The van der Waals surface area contributed by atoms with E-state index in [2.05, 4.69) is 66.1 Å². The molecule has 0 radical (unpaired) electrons. The van der Waals surface area contributed by atoms with E-state index >= 15 is 0 Å². The fourth-order valence-corrected chi connectivity index (χ4v) is 2.87. The van der Waals surface area contributed by atoms with Gasteiger partial charge in [0.05, 0.1) is 5.69 Å². The zero-order chi connectivity index (χ0) is 14.8. The molecule has 0 fully saturated rings. The molecule has 1 atom stereocenters. The van der Waals surface area contributed by atoms with Gasteiger partial charge in [-0.2, -0.15) is 0 Å². The molecular formula is C18H21N3. The van der Waals surface area contributed by atoms with Gasteiger partial charge in [-0.25, -0.2) is 0 Å². The van der Waals surface area contributed by atoms with Crippen LogP contribution >= 0.6 is 0 Å². The number of nitrogens with one attached hydrogen (secondary N) is 1. The highest BCUT2D eigenvalue weighted by atomic mass is 15.0. The number of fused-ring (bicyclic) bond motifs is 1. The average Bonchev–Trinajstić information content (AvgIpc) is 2.78. The zero-order valence-corrected chi connectivity index (χ0v) is 12.8. The van der Waals surface area contributed by atoms with E-state index < -0.39 is 0 Å². The van der Waals surface area contributed by atoms with Crippen LogP contribution in [0.25, 0.3) is 10.9 Å². The number of hydrogen-bond donors (Lipinski definition) is 1. The third kappa shape index (κ3) is 2.57. The molecular weight excluding hydrogens is 258 g/mol. The molecule has 3 heteroatoms. The summed E-state index contributed by atoms with van der Waals surface area (Å²) in [5.74, 6) is 0. The summed E-state index contributed by atoms with van der Waals surface area (Å²) in [6, 6.07) is 14.8. The first kappa shape index (κ1) is 13.8. The lowest BCUT2D eigenvalue weighted by molar-refractivity contribution is 0.546. The van der Waals surface area contributed by atoms with Crippen LogP contribution in [0.15, 0.2) is 48.7 Å². The quantitative estimate of drug-likeness (QED) is 0.788. The Morgan fingerprint density at radius 1 is 1.14 bits per heavy atom. The Bertz CT molecular complexity index is 705. The second-order valence-corrected chi connectivity index (χ2v) is 5.51. The van der Waals surface area contributed by atoms with Gasteiger partial charge in [-0.3, -0.25) is 4.98 Å². The van der Waals surface area contributed by atoms with Crippen LogP contribution in [0.2, 0.25) is 0 Å². The van der Waals surface area contributed by atoms with Crippen molar-refractivity contribution in [3.05, 3.63) is 65.6 Å². The monoisotopic (exact) mass is 279 g/mol. The van der Waals surface area contributed by atoms with Gasteiger partial charge in [0.1, 0.15) is 0 Å². The van der Waals surface area contributed by atoms with Crippen LogP contribution in [0.1, 0.15) is 29.9 Å². The molecule has 1 N–H and O–H groups in total. The molecule has 0 aliphatic carbocycles. The van der Waals surface area contributed by atoms with Crippen molar-refractivity contribution < 1.29 is 0 Å². The van der Waals surface area contributed by atoms with Gasteiger partial charge in [0, 0.05) is 42.4 Å². The van der Waals surface area contributed by atoms with Crippen LogP contribution in [0.3, 0.4) is 0 Å². The number of para-hydroxylation sites is 1. The average molecular weight is 279 g/mol. The fourth-order valence-electron chi connectivity index (χ4n) is 2.87. The molecule has 0 amide bonds. The van der Waals surface area contributed by atoms with Crippen LogP contribution in [0, 0.1) is 6.92 Å². The number of benzene rings is 1. The standard InChI is InChI=1S/C18H21N3/c1-13-15-8-4-5-10-17(15)21(3)18(13)12-20-14(2)16-9-6-7-11-19-16/h4-11,14,20H,12H2,1-3H3/t14-/m0/s1. The molecule has 2 heterocycles. The number of rotatable bonds is 4. The molecule has 0 aliphatic heterocycles. The van der Waals surface area contributed by atoms with Gasteiger partial charge in [-0.15, -0.1) is 0 Å². The summed E-state index contributed by atoms with van der Waals surface area (Å²) < 4.78 is 2.28. The van der Waals surface area contributed by atoms with Gasteiger partial charge in [0.15, 0.2) is 0 Å². The van der Waals surface area contributed by atoms with E-state index in [0.29, 0.717) is 0 Å². The number of aryl methyl sites for hydroxylation is 2. The summed E-state index contributed by atoms with van der Waals surface area (Å²) in [6.45, 7) is 5.19. The van der Waals surface area contributed by atoms with Gasteiger partial charge in [0.2, 0.25) is 0 Å². The van der Waals surface area contributed by atoms with Gasteiger partial charge in [-0.05, 0) is 37.6 Å². The topological polar surface area (TPSA) is 29.9 Å². The first-order valence-corrected chi connectivity index (χ1v) is 7.35. The number of hydrogen-bond acceptors (Lipinski definition) is 2. The van der Waals surface area contributed by atoms with Crippen LogP contribution in [-0.2, 0) is 13.6 Å². The van der Waals surface area contributed by atoms with Crippen molar-refractivity contribution in [3.63, 3.8) is 0 Å². The van der Waals surface area contributed by atoms with Crippen molar-refractivity contribution in [3.8, 4) is 0 Å². The van der Waals surface area contributed by atoms with Gasteiger partial charge in [-0.1, -0.05) is 24.3 Å². The van der Waals surface area contributed by atoms with Crippen LogP contribution in [-0.4, -0.2) is 9.55 Å². The number of nitrogens with zero attached hydrogens (tertiary/aromatic N) is 2. The first-order valence-electron chi connectivity index (χ1n) is 7.35. The highest BCUT2D eigenvalue weighted by Gasteiger charge is 2.12. The molecule has 1 aromatic carbocycles. The maximum Gasteiger partial charge on any atom is 0.0570 e. The number of pyridine rings is 1. The maximum atomic E-state index is 4.41. The normalized spacial score (nSPS) is 12.7. The zero-order valence-electron chi connectivity index (χ0n) is 12.8. The smallest absolute Gasteiger partial charge is 0.0570 e. The van der Waals surface area contributed by atoms with Crippen LogP contribution < -0.4 is 5.32 Å². The summed E-state index contributed by atoms with van der Waals surface area (Å²) >= 11 is 0. The second-order valence-electron chi connectivity index (χ2n) is 5.51. The van der Waals surface area contributed by atoms with Crippen LogP contribution in [0.4, 0.5) is 0 Å². The molecule has 108 valence electrons. The predicted octanol–water partition coefficient (Wildman–Crippen LogP) is 3.73. The fraction of sp³-hybridized carbons (Fsp3) is 0.278. The molecule has 2 aromatic heterocycles.